The van der Waals surface area contributed by atoms with E-state index in [1.807, 2.05) is 0 Å². The molecule has 0 spiro atoms. The Morgan fingerprint density at radius 1 is 1.04 bits per heavy atom. The number of rotatable bonds is 4. The minimum atomic E-state index is -1.20. The molecule has 1 aromatic carbocycles. The largest absolute Gasteiger partial charge is 0.480 e. The number of halogens is 1. The predicted molar refractivity (Wildman–Crippen MR) is 101 cm³/mol. The fourth-order valence-electron chi connectivity index (χ4n) is 4.21. The number of carbonyl (C=O) groups is 3. The van der Waals surface area contributed by atoms with Gasteiger partial charge in [0.2, 0.25) is 5.91 Å². The standard InChI is InChI=1S/C21H27FN2O4/c22-17-9-7-15(8-10-17)19(26)24-13-5-6-16(14-24)18(25)23-21(20(27)28)11-3-1-2-4-12-21/h7-10,16H,1-6,11-14H2,(H,23,25)(H,27,28). The number of nitrogens with one attached hydrogen (secondary N) is 1. The highest BCUT2D eigenvalue weighted by molar-refractivity contribution is 5.95. The minimum absolute atomic E-state index is 0.236. The Balaban J connectivity index is 1.67. The molecular formula is C21H27FN2O4. The molecule has 1 saturated heterocycles. The summed E-state index contributed by atoms with van der Waals surface area (Å²) in [5, 5.41) is 12.6. The molecule has 0 radical (unpaired) electrons. The van der Waals surface area contributed by atoms with Crippen LogP contribution >= 0.6 is 0 Å². The number of carbonyl (C=O) groups excluding carboxylic acids is 2. The summed E-state index contributed by atoms with van der Waals surface area (Å²) in [6.45, 7) is 0.780. The van der Waals surface area contributed by atoms with E-state index in [1.165, 1.54) is 24.3 Å². The van der Waals surface area contributed by atoms with Gasteiger partial charge < -0.3 is 15.3 Å². The van der Waals surface area contributed by atoms with Crippen molar-refractivity contribution in [2.75, 3.05) is 13.1 Å². The van der Waals surface area contributed by atoms with Crippen LogP contribution < -0.4 is 5.32 Å². The van der Waals surface area contributed by atoms with Crippen LogP contribution in [0.5, 0.6) is 0 Å². The first kappa shape index (κ1) is 20.3. The number of carboxylic acid groups (broad SMARTS) is 1. The normalized spacial score (nSPS) is 22.2. The molecule has 1 atom stereocenters. The predicted octanol–water partition coefficient (Wildman–Crippen LogP) is 2.97. The maximum Gasteiger partial charge on any atom is 0.329 e. The zero-order chi connectivity index (χ0) is 20.1. The molecule has 3 rings (SSSR count). The molecule has 7 heteroatoms. The van der Waals surface area contributed by atoms with Crippen LogP contribution in [-0.4, -0.2) is 46.4 Å². The molecule has 1 heterocycles. The first-order chi connectivity index (χ1) is 13.4. The van der Waals surface area contributed by atoms with E-state index in [-0.39, 0.29) is 18.4 Å². The SMILES string of the molecule is O=C(NC1(C(=O)O)CCCCCC1)C1CCCN(C(=O)c2ccc(F)cc2)C1. The summed E-state index contributed by atoms with van der Waals surface area (Å²) >= 11 is 0. The van der Waals surface area contributed by atoms with Gasteiger partial charge in [0.25, 0.3) is 5.91 Å². The second-order valence-corrected chi connectivity index (χ2v) is 7.89. The smallest absolute Gasteiger partial charge is 0.329 e. The topological polar surface area (TPSA) is 86.7 Å². The maximum atomic E-state index is 13.1. The molecule has 152 valence electrons. The molecule has 2 aliphatic rings. The van der Waals surface area contributed by atoms with Gasteiger partial charge in [-0.15, -0.1) is 0 Å². The van der Waals surface area contributed by atoms with Crippen molar-refractivity contribution >= 4 is 17.8 Å². The Morgan fingerprint density at radius 2 is 1.68 bits per heavy atom. The van der Waals surface area contributed by atoms with Gasteiger partial charge in [0.1, 0.15) is 11.4 Å². The highest BCUT2D eigenvalue weighted by Crippen LogP contribution is 2.29. The van der Waals surface area contributed by atoms with Crippen LogP contribution in [0.15, 0.2) is 24.3 Å². The van der Waals surface area contributed by atoms with Gasteiger partial charge in [-0.1, -0.05) is 25.7 Å². The lowest BCUT2D eigenvalue weighted by atomic mass is 9.88. The van der Waals surface area contributed by atoms with Gasteiger partial charge in [0, 0.05) is 18.7 Å². The lowest BCUT2D eigenvalue weighted by Crippen LogP contribution is -2.57. The van der Waals surface area contributed by atoms with E-state index in [0.29, 0.717) is 37.8 Å². The van der Waals surface area contributed by atoms with Crippen molar-refractivity contribution in [3.05, 3.63) is 35.6 Å². The summed E-state index contributed by atoms with van der Waals surface area (Å²) < 4.78 is 13.1. The molecule has 1 aliphatic heterocycles. The lowest BCUT2D eigenvalue weighted by Gasteiger charge is -2.35. The lowest BCUT2D eigenvalue weighted by molar-refractivity contribution is -0.149. The molecule has 1 saturated carbocycles. The van der Waals surface area contributed by atoms with Crippen LogP contribution in [0.1, 0.15) is 61.7 Å². The number of hydrogen-bond acceptors (Lipinski definition) is 3. The fraction of sp³-hybridized carbons (Fsp3) is 0.571. The number of benzene rings is 1. The van der Waals surface area contributed by atoms with Crippen LogP contribution in [0.3, 0.4) is 0 Å². The summed E-state index contributed by atoms with van der Waals surface area (Å²) in [5.74, 6) is -2.34. The van der Waals surface area contributed by atoms with Gasteiger partial charge in [-0.2, -0.15) is 0 Å². The van der Waals surface area contributed by atoms with Crippen LogP contribution in [0, 0.1) is 11.7 Å². The van der Waals surface area contributed by atoms with Crippen molar-refractivity contribution in [1.29, 1.82) is 0 Å². The molecule has 0 bridgehead atoms. The third-order valence-corrected chi connectivity index (χ3v) is 5.90. The molecule has 1 aromatic rings. The van der Waals surface area contributed by atoms with E-state index in [2.05, 4.69) is 5.32 Å². The Labute approximate surface area is 164 Å². The Hall–Kier alpha value is -2.44. The average molecular weight is 390 g/mol. The highest BCUT2D eigenvalue weighted by Gasteiger charge is 2.42. The number of hydrogen-bond donors (Lipinski definition) is 2. The molecular weight excluding hydrogens is 363 g/mol. The van der Waals surface area contributed by atoms with Crippen molar-refractivity contribution in [2.24, 2.45) is 5.92 Å². The Morgan fingerprint density at radius 3 is 2.29 bits per heavy atom. The van der Waals surface area contributed by atoms with Gasteiger partial charge in [0.05, 0.1) is 5.92 Å². The molecule has 1 unspecified atom stereocenters. The van der Waals surface area contributed by atoms with Gasteiger partial charge >= 0.3 is 5.97 Å². The number of aliphatic carboxylic acids is 1. The highest BCUT2D eigenvalue weighted by atomic mass is 19.1. The zero-order valence-electron chi connectivity index (χ0n) is 16.0. The average Bonchev–Trinajstić information content (AvgIpc) is 2.94. The number of likely N-dealkylation sites (tertiary alicyclic amines) is 1. The van der Waals surface area contributed by atoms with Gasteiger partial charge in [-0.05, 0) is 49.9 Å². The van der Waals surface area contributed by atoms with Crippen LogP contribution in [0.4, 0.5) is 4.39 Å². The van der Waals surface area contributed by atoms with Crippen LogP contribution in [0.2, 0.25) is 0 Å². The van der Waals surface area contributed by atoms with Gasteiger partial charge in [-0.3, -0.25) is 9.59 Å². The summed E-state index contributed by atoms with van der Waals surface area (Å²) in [5.41, 5.74) is -0.815. The quantitative estimate of drug-likeness (QED) is 0.774. The number of carboxylic acids is 1. The summed E-state index contributed by atoms with van der Waals surface area (Å²) in [6, 6.07) is 5.35. The Bertz CT molecular complexity index is 726. The van der Waals surface area contributed by atoms with E-state index < -0.39 is 23.2 Å². The molecule has 2 fully saturated rings. The second kappa shape index (κ2) is 8.71. The maximum absolute atomic E-state index is 13.1. The van der Waals surface area contributed by atoms with Crippen molar-refractivity contribution in [1.82, 2.24) is 10.2 Å². The third kappa shape index (κ3) is 4.51. The second-order valence-electron chi connectivity index (χ2n) is 7.89. The monoisotopic (exact) mass is 390 g/mol. The number of amides is 2. The van der Waals surface area contributed by atoms with E-state index >= 15 is 0 Å². The summed E-state index contributed by atoms with van der Waals surface area (Å²) in [6.07, 6.45) is 5.71. The molecule has 6 nitrogen and oxygen atoms in total. The fourth-order valence-corrected chi connectivity index (χ4v) is 4.21. The van der Waals surface area contributed by atoms with Gasteiger partial charge in [0.15, 0.2) is 0 Å². The molecule has 2 N–H and O–H groups in total. The van der Waals surface area contributed by atoms with Crippen molar-refractivity contribution in [3.63, 3.8) is 0 Å². The van der Waals surface area contributed by atoms with Gasteiger partial charge in [-0.25, -0.2) is 9.18 Å². The number of piperidine rings is 1. The Kier molecular flexibility index (Phi) is 6.31. The van der Waals surface area contributed by atoms with Crippen molar-refractivity contribution in [3.8, 4) is 0 Å². The molecule has 2 amide bonds. The summed E-state index contributed by atoms with van der Waals surface area (Å²) in [4.78, 5) is 39.1. The molecule has 1 aliphatic carbocycles. The van der Waals surface area contributed by atoms with E-state index in [0.717, 1.165) is 25.7 Å². The number of nitrogens with zero attached hydrogens (tertiary/aromatic N) is 1. The first-order valence-electron chi connectivity index (χ1n) is 10.0. The van der Waals surface area contributed by atoms with Crippen LogP contribution in [0.25, 0.3) is 0 Å². The van der Waals surface area contributed by atoms with Crippen molar-refractivity contribution < 1.29 is 23.9 Å². The molecule has 28 heavy (non-hydrogen) atoms. The van der Waals surface area contributed by atoms with E-state index in [4.69, 9.17) is 0 Å². The van der Waals surface area contributed by atoms with Crippen molar-refractivity contribution in [2.45, 2.75) is 56.9 Å². The van der Waals surface area contributed by atoms with E-state index in [9.17, 15) is 23.9 Å². The first-order valence-corrected chi connectivity index (χ1v) is 10.0. The molecule has 0 aromatic heterocycles. The third-order valence-electron chi connectivity index (χ3n) is 5.90. The zero-order valence-corrected chi connectivity index (χ0v) is 16.0. The summed E-state index contributed by atoms with van der Waals surface area (Å²) in [7, 11) is 0. The van der Waals surface area contributed by atoms with E-state index in [1.54, 1.807) is 4.90 Å². The van der Waals surface area contributed by atoms with Crippen LogP contribution in [-0.2, 0) is 9.59 Å². The minimum Gasteiger partial charge on any atom is -0.480 e.